The number of para-hydroxylation sites is 1. The lowest BCUT2D eigenvalue weighted by atomic mass is 9.85. The predicted octanol–water partition coefficient (Wildman–Crippen LogP) is 5.66. The average Bonchev–Trinajstić information content (AvgIpc) is 3.17. The Balaban J connectivity index is 1.51. The minimum absolute atomic E-state index is 0.103. The summed E-state index contributed by atoms with van der Waals surface area (Å²) in [6, 6.07) is 21.3. The van der Waals surface area contributed by atoms with Crippen molar-refractivity contribution < 1.29 is 24.2 Å². The molecule has 6 heteroatoms. The molecule has 1 N–H and O–H groups in total. The fourth-order valence-electron chi connectivity index (χ4n) is 4.89. The van der Waals surface area contributed by atoms with Crippen LogP contribution in [0.2, 0.25) is 0 Å². The van der Waals surface area contributed by atoms with Crippen LogP contribution in [0.4, 0.5) is 0 Å². The molecular weight excluding hydrogens is 466 g/mol. The number of benzene rings is 3. The third-order valence-electron chi connectivity index (χ3n) is 6.79. The summed E-state index contributed by atoms with van der Waals surface area (Å²) in [7, 11) is 1.55. The predicted molar refractivity (Wildman–Crippen MR) is 143 cm³/mol. The van der Waals surface area contributed by atoms with Crippen LogP contribution in [0.25, 0.3) is 0 Å². The molecule has 3 aromatic carbocycles. The maximum absolute atomic E-state index is 13.4. The number of fused-ring (bicyclic) bond motifs is 1. The maximum Gasteiger partial charge on any atom is 0.323 e. The van der Waals surface area contributed by atoms with Crippen molar-refractivity contribution in [2.45, 2.75) is 58.1 Å². The normalized spacial score (nSPS) is 16.6. The zero-order chi connectivity index (χ0) is 26.8. The minimum Gasteiger partial charge on any atom is -0.496 e. The van der Waals surface area contributed by atoms with E-state index in [1.54, 1.807) is 19.2 Å². The van der Waals surface area contributed by atoms with Crippen molar-refractivity contribution in [1.82, 2.24) is 4.90 Å². The molecule has 0 saturated carbocycles. The third-order valence-corrected chi connectivity index (χ3v) is 6.79. The smallest absolute Gasteiger partial charge is 0.323 e. The van der Waals surface area contributed by atoms with E-state index in [1.807, 2.05) is 30.3 Å². The van der Waals surface area contributed by atoms with Gasteiger partial charge in [0.1, 0.15) is 23.6 Å². The van der Waals surface area contributed by atoms with Crippen molar-refractivity contribution in [3.63, 3.8) is 0 Å². The summed E-state index contributed by atoms with van der Waals surface area (Å²) >= 11 is 0. The molecule has 0 spiro atoms. The van der Waals surface area contributed by atoms with Gasteiger partial charge in [-0.3, -0.25) is 9.59 Å². The van der Waals surface area contributed by atoms with Crippen LogP contribution >= 0.6 is 0 Å². The fourth-order valence-corrected chi connectivity index (χ4v) is 4.89. The number of carbonyl (C=O) groups is 2. The number of methoxy groups -OCH3 is 1. The van der Waals surface area contributed by atoms with Gasteiger partial charge < -0.3 is 19.5 Å². The zero-order valence-corrected chi connectivity index (χ0v) is 22.2. The number of hydrogen-bond acceptors (Lipinski definition) is 4. The molecule has 1 amide bonds. The largest absolute Gasteiger partial charge is 0.496 e. The lowest BCUT2D eigenvalue weighted by Crippen LogP contribution is -2.35. The first-order chi connectivity index (χ1) is 17.5. The van der Waals surface area contributed by atoms with Gasteiger partial charge in [0, 0.05) is 24.0 Å². The highest BCUT2D eigenvalue weighted by atomic mass is 16.5. The molecule has 0 aliphatic carbocycles. The molecule has 6 nitrogen and oxygen atoms in total. The summed E-state index contributed by atoms with van der Waals surface area (Å²) in [6.45, 7) is 8.41. The number of carbonyl (C=O) groups excluding carboxylic acids is 1. The number of nitrogens with zero attached hydrogens (tertiary/aromatic N) is 1. The lowest BCUT2D eigenvalue weighted by Gasteiger charge is -2.25. The van der Waals surface area contributed by atoms with E-state index in [9.17, 15) is 14.7 Å². The Hall–Kier alpha value is -3.80. The number of hydrogen-bond donors (Lipinski definition) is 1. The van der Waals surface area contributed by atoms with E-state index in [4.69, 9.17) is 9.47 Å². The maximum atomic E-state index is 13.4. The molecule has 0 aromatic heterocycles. The Labute approximate surface area is 218 Å². The number of rotatable bonds is 8. The number of ether oxygens (including phenoxy) is 2. The van der Waals surface area contributed by atoms with Crippen molar-refractivity contribution in [3.8, 4) is 11.5 Å². The Kier molecular flexibility index (Phi) is 7.30. The van der Waals surface area contributed by atoms with Crippen LogP contribution in [0.5, 0.6) is 11.5 Å². The van der Waals surface area contributed by atoms with E-state index in [1.165, 1.54) is 16.0 Å². The van der Waals surface area contributed by atoms with Gasteiger partial charge in [0.05, 0.1) is 13.7 Å². The molecule has 1 aliphatic heterocycles. The molecule has 4 rings (SSSR count). The average molecular weight is 502 g/mol. The number of amides is 1. The van der Waals surface area contributed by atoms with E-state index in [0.29, 0.717) is 17.7 Å². The summed E-state index contributed by atoms with van der Waals surface area (Å²) < 4.78 is 11.7. The second-order valence-electron chi connectivity index (χ2n) is 11.0. The van der Waals surface area contributed by atoms with E-state index >= 15 is 0 Å². The van der Waals surface area contributed by atoms with Crippen LogP contribution in [-0.2, 0) is 29.6 Å². The topological polar surface area (TPSA) is 76.1 Å². The van der Waals surface area contributed by atoms with Gasteiger partial charge in [-0.15, -0.1) is 0 Å². The Morgan fingerprint density at radius 2 is 1.76 bits per heavy atom. The van der Waals surface area contributed by atoms with Gasteiger partial charge in [-0.05, 0) is 53.3 Å². The number of carboxylic acids is 1. The van der Waals surface area contributed by atoms with E-state index in [-0.39, 0.29) is 17.9 Å². The van der Waals surface area contributed by atoms with Crippen molar-refractivity contribution in [2.24, 2.45) is 0 Å². The highest BCUT2D eigenvalue weighted by Gasteiger charge is 2.36. The second-order valence-corrected chi connectivity index (χ2v) is 11.0. The van der Waals surface area contributed by atoms with Crippen LogP contribution in [0.1, 0.15) is 60.3 Å². The van der Waals surface area contributed by atoms with Gasteiger partial charge in [-0.2, -0.15) is 0 Å². The van der Waals surface area contributed by atoms with Crippen LogP contribution < -0.4 is 9.47 Å². The zero-order valence-electron chi connectivity index (χ0n) is 22.2. The SMILES string of the molecule is COc1ccccc1CN(CC(=O)O)C(=O)c1ccc2c(c1)C[C@](C)(Cc1ccc(C(C)(C)C)cc1)O2. The quantitative estimate of drug-likeness (QED) is 0.431. The van der Waals surface area contributed by atoms with Gasteiger partial charge in [-0.1, -0.05) is 63.2 Å². The molecule has 0 saturated heterocycles. The number of carboxylic acid groups (broad SMARTS) is 1. The third kappa shape index (κ3) is 6.13. The van der Waals surface area contributed by atoms with Gasteiger partial charge in [0.15, 0.2) is 0 Å². The number of aliphatic carboxylic acids is 1. The van der Waals surface area contributed by atoms with Gasteiger partial charge in [-0.25, -0.2) is 0 Å². The Bertz CT molecular complexity index is 1290. The highest BCUT2D eigenvalue weighted by molar-refractivity contribution is 5.96. The molecule has 0 radical (unpaired) electrons. The van der Waals surface area contributed by atoms with Gasteiger partial charge >= 0.3 is 5.97 Å². The van der Waals surface area contributed by atoms with Crippen LogP contribution in [0, 0.1) is 0 Å². The summed E-state index contributed by atoms with van der Waals surface area (Å²) in [4.78, 5) is 26.3. The van der Waals surface area contributed by atoms with E-state index in [2.05, 4.69) is 52.0 Å². The van der Waals surface area contributed by atoms with Crippen LogP contribution in [-0.4, -0.2) is 41.1 Å². The summed E-state index contributed by atoms with van der Waals surface area (Å²) in [5, 5.41) is 9.46. The molecule has 194 valence electrons. The van der Waals surface area contributed by atoms with Crippen molar-refractivity contribution >= 4 is 11.9 Å². The van der Waals surface area contributed by atoms with Crippen molar-refractivity contribution in [3.05, 3.63) is 94.5 Å². The molecular formula is C31H35NO5. The summed E-state index contributed by atoms with van der Waals surface area (Å²) in [5.41, 5.74) is 4.30. The summed E-state index contributed by atoms with van der Waals surface area (Å²) in [5.74, 6) is -0.0421. The van der Waals surface area contributed by atoms with Gasteiger partial charge in [0.25, 0.3) is 5.91 Å². The fraction of sp³-hybridized carbons (Fsp3) is 0.355. The van der Waals surface area contributed by atoms with Crippen molar-refractivity contribution in [1.29, 1.82) is 0 Å². The first-order valence-electron chi connectivity index (χ1n) is 12.5. The first-order valence-corrected chi connectivity index (χ1v) is 12.5. The van der Waals surface area contributed by atoms with Crippen LogP contribution in [0.15, 0.2) is 66.7 Å². The van der Waals surface area contributed by atoms with E-state index in [0.717, 1.165) is 23.3 Å². The molecule has 1 heterocycles. The summed E-state index contributed by atoms with van der Waals surface area (Å²) in [6.07, 6.45) is 1.41. The van der Waals surface area contributed by atoms with E-state index < -0.39 is 18.1 Å². The molecule has 0 bridgehead atoms. The molecule has 37 heavy (non-hydrogen) atoms. The molecule has 1 atom stereocenters. The van der Waals surface area contributed by atoms with Crippen molar-refractivity contribution in [2.75, 3.05) is 13.7 Å². The minimum atomic E-state index is -1.07. The second kappa shape index (κ2) is 10.3. The standard InChI is InChI=1S/C31H35NO5/c1-30(2,3)25-13-10-21(11-14-25)17-31(4)18-24-16-22(12-15-27(24)37-31)29(35)32(20-28(33)34)19-23-8-6-7-9-26(23)36-5/h6-16H,17-20H2,1-5H3,(H,33,34)/t31-/m0/s1. The monoisotopic (exact) mass is 501 g/mol. The highest BCUT2D eigenvalue weighted by Crippen LogP contribution is 2.38. The Morgan fingerprint density at radius 3 is 2.41 bits per heavy atom. The molecule has 0 fully saturated rings. The lowest BCUT2D eigenvalue weighted by molar-refractivity contribution is -0.137. The molecule has 0 unspecified atom stereocenters. The Morgan fingerprint density at radius 1 is 1.05 bits per heavy atom. The van der Waals surface area contributed by atoms with Crippen LogP contribution in [0.3, 0.4) is 0 Å². The first kappa shape index (κ1) is 26.3. The van der Waals surface area contributed by atoms with Gasteiger partial charge in [0.2, 0.25) is 0 Å². The molecule has 1 aliphatic rings. The molecule has 3 aromatic rings.